The Balaban J connectivity index is 1.45. The summed E-state index contributed by atoms with van der Waals surface area (Å²) in [4.78, 5) is 51.5. The molecule has 1 aliphatic heterocycles. The second-order valence-corrected chi connectivity index (χ2v) is 11.7. The van der Waals surface area contributed by atoms with Crippen molar-refractivity contribution in [3.8, 4) is 11.5 Å². The number of anilines is 1. The molecule has 13 heteroatoms. The lowest BCUT2D eigenvalue weighted by molar-refractivity contribution is -0.127. The van der Waals surface area contributed by atoms with Crippen LogP contribution in [0.1, 0.15) is 28.4 Å². The van der Waals surface area contributed by atoms with Gasteiger partial charge in [-0.2, -0.15) is 0 Å². The van der Waals surface area contributed by atoms with E-state index in [0.717, 1.165) is 25.8 Å². The molecular formula is C29H23Cl2IN2O7S. The van der Waals surface area contributed by atoms with Gasteiger partial charge in [0.05, 0.1) is 32.8 Å². The summed E-state index contributed by atoms with van der Waals surface area (Å²) in [6.45, 7) is 1.60. The molecule has 0 radical (unpaired) electrons. The van der Waals surface area contributed by atoms with Crippen LogP contribution in [-0.4, -0.2) is 48.2 Å². The quantitative estimate of drug-likeness (QED) is 0.134. The maximum absolute atomic E-state index is 13.0. The number of imide groups is 1. The van der Waals surface area contributed by atoms with Crippen LogP contribution in [0.2, 0.25) is 10.0 Å². The molecule has 1 aliphatic rings. The van der Waals surface area contributed by atoms with E-state index in [1.165, 1.54) is 25.3 Å². The number of rotatable bonds is 10. The first-order chi connectivity index (χ1) is 20.1. The van der Waals surface area contributed by atoms with E-state index >= 15 is 0 Å². The summed E-state index contributed by atoms with van der Waals surface area (Å²) < 4.78 is 17.2. The molecule has 0 bridgehead atoms. The van der Waals surface area contributed by atoms with E-state index in [4.69, 9.17) is 37.4 Å². The number of amides is 3. The first-order valence-electron chi connectivity index (χ1n) is 12.4. The van der Waals surface area contributed by atoms with Crippen LogP contribution < -0.4 is 14.8 Å². The van der Waals surface area contributed by atoms with Crippen molar-refractivity contribution in [3.05, 3.63) is 89.8 Å². The number of carbonyl (C=O) groups excluding carboxylic acids is 4. The number of esters is 1. The Labute approximate surface area is 269 Å². The molecule has 4 rings (SSSR count). The van der Waals surface area contributed by atoms with Crippen molar-refractivity contribution >= 4 is 92.3 Å². The van der Waals surface area contributed by atoms with Gasteiger partial charge in [-0.25, -0.2) is 4.79 Å². The summed E-state index contributed by atoms with van der Waals surface area (Å²) in [6, 6.07) is 15.1. The van der Waals surface area contributed by atoms with Gasteiger partial charge in [-0.15, -0.1) is 0 Å². The first-order valence-corrected chi connectivity index (χ1v) is 15.0. The van der Waals surface area contributed by atoms with Gasteiger partial charge < -0.3 is 19.5 Å². The lowest BCUT2D eigenvalue weighted by Crippen LogP contribution is -2.36. The second-order valence-electron chi connectivity index (χ2n) is 8.68. The number of halogens is 3. The third-order valence-corrected chi connectivity index (χ3v) is 8.06. The van der Waals surface area contributed by atoms with E-state index < -0.39 is 29.6 Å². The molecule has 218 valence electrons. The molecule has 0 saturated carbocycles. The number of benzene rings is 3. The molecule has 3 aromatic rings. The minimum absolute atomic E-state index is 0.0804. The van der Waals surface area contributed by atoms with Gasteiger partial charge in [0.1, 0.15) is 13.2 Å². The summed E-state index contributed by atoms with van der Waals surface area (Å²) in [5, 5.41) is 2.78. The largest absolute Gasteiger partial charge is 0.493 e. The van der Waals surface area contributed by atoms with Gasteiger partial charge in [0.25, 0.3) is 11.1 Å². The monoisotopic (exact) mass is 740 g/mol. The highest BCUT2D eigenvalue weighted by Gasteiger charge is 2.36. The number of carbonyl (C=O) groups is 4. The molecule has 3 aromatic carbocycles. The van der Waals surface area contributed by atoms with Gasteiger partial charge in [0.2, 0.25) is 5.91 Å². The van der Waals surface area contributed by atoms with Crippen molar-refractivity contribution in [2.45, 2.75) is 13.5 Å². The first kappa shape index (κ1) is 31.7. The van der Waals surface area contributed by atoms with Crippen LogP contribution in [0.25, 0.3) is 6.08 Å². The van der Waals surface area contributed by atoms with Crippen LogP contribution in [0.3, 0.4) is 0 Å². The van der Waals surface area contributed by atoms with E-state index in [-0.39, 0.29) is 27.8 Å². The Morgan fingerprint density at radius 3 is 2.50 bits per heavy atom. The molecule has 42 heavy (non-hydrogen) atoms. The fraction of sp³-hybridized carbons (Fsp3) is 0.172. The molecule has 3 amide bonds. The highest BCUT2D eigenvalue weighted by Crippen LogP contribution is 2.37. The normalized spacial score (nSPS) is 13.8. The highest BCUT2D eigenvalue weighted by molar-refractivity contribution is 14.1. The molecule has 0 atom stereocenters. The molecule has 0 aromatic heterocycles. The number of ether oxygens (including phenoxy) is 3. The van der Waals surface area contributed by atoms with Gasteiger partial charge in [-0.1, -0.05) is 35.3 Å². The molecule has 1 N–H and O–H groups in total. The topological polar surface area (TPSA) is 111 Å². The predicted octanol–water partition coefficient (Wildman–Crippen LogP) is 7.04. The zero-order valence-electron chi connectivity index (χ0n) is 22.2. The third kappa shape index (κ3) is 7.77. The lowest BCUT2D eigenvalue weighted by Gasteiger charge is -2.14. The average Bonchev–Trinajstić information content (AvgIpc) is 3.21. The number of thioether (sulfide) groups is 1. The Morgan fingerprint density at radius 1 is 1.07 bits per heavy atom. The SMILES string of the molecule is CCOC(=O)c1cc(NC(=O)CN2C(=O)S/C(=C/c3cc(I)c(OCc4ccc(Cl)cc4)c(OC)c3)C2=O)ccc1Cl. The summed E-state index contributed by atoms with van der Waals surface area (Å²) >= 11 is 14.8. The van der Waals surface area contributed by atoms with Crippen molar-refractivity contribution in [2.24, 2.45) is 0 Å². The fourth-order valence-corrected chi connectivity index (χ4v) is 5.74. The molecule has 0 aliphatic carbocycles. The molecule has 0 unspecified atom stereocenters. The van der Waals surface area contributed by atoms with Crippen LogP contribution in [0.5, 0.6) is 11.5 Å². The van der Waals surface area contributed by atoms with Crippen molar-refractivity contribution in [1.82, 2.24) is 4.90 Å². The lowest BCUT2D eigenvalue weighted by atomic mass is 10.1. The highest BCUT2D eigenvalue weighted by atomic mass is 127. The number of hydrogen-bond acceptors (Lipinski definition) is 8. The van der Waals surface area contributed by atoms with Crippen molar-refractivity contribution in [2.75, 3.05) is 25.6 Å². The van der Waals surface area contributed by atoms with E-state index in [1.807, 2.05) is 12.1 Å². The Bertz CT molecular complexity index is 1580. The summed E-state index contributed by atoms with van der Waals surface area (Å²) in [6.07, 6.45) is 1.56. The van der Waals surface area contributed by atoms with Gasteiger partial charge in [0.15, 0.2) is 11.5 Å². The molecule has 1 fully saturated rings. The molecule has 0 spiro atoms. The van der Waals surface area contributed by atoms with Crippen LogP contribution in [0.4, 0.5) is 10.5 Å². The van der Waals surface area contributed by atoms with Crippen molar-refractivity contribution < 1.29 is 33.4 Å². The van der Waals surface area contributed by atoms with E-state index in [2.05, 4.69) is 27.9 Å². The number of methoxy groups -OCH3 is 1. The maximum Gasteiger partial charge on any atom is 0.339 e. The van der Waals surface area contributed by atoms with Crippen LogP contribution in [-0.2, 0) is 20.9 Å². The smallest absolute Gasteiger partial charge is 0.339 e. The standard InChI is InChI=1S/C29H23Cl2IN2O7S/c1-3-40-28(37)20-13-19(8-9-21(20)31)33-25(35)14-34-27(36)24(42-29(34)38)12-17-10-22(32)26(23(11-17)39-2)41-15-16-4-6-18(30)7-5-16/h4-13H,3,14-15H2,1-2H3,(H,33,35)/b24-12+. The summed E-state index contributed by atoms with van der Waals surface area (Å²) in [5.41, 5.74) is 1.87. The zero-order chi connectivity index (χ0) is 30.4. The summed E-state index contributed by atoms with van der Waals surface area (Å²) in [5.74, 6) is -0.897. The van der Waals surface area contributed by atoms with Crippen LogP contribution >= 0.6 is 57.6 Å². The molecule has 1 heterocycles. The minimum Gasteiger partial charge on any atom is -0.493 e. The Kier molecular flexibility index (Phi) is 10.8. The number of hydrogen-bond donors (Lipinski definition) is 1. The van der Waals surface area contributed by atoms with Crippen LogP contribution in [0, 0.1) is 3.57 Å². The zero-order valence-corrected chi connectivity index (χ0v) is 26.7. The van der Waals surface area contributed by atoms with Gasteiger partial charge in [0, 0.05) is 10.7 Å². The van der Waals surface area contributed by atoms with Gasteiger partial charge >= 0.3 is 5.97 Å². The van der Waals surface area contributed by atoms with E-state index in [9.17, 15) is 19.2 Å². The van der Waals surface area contributed by atoms with E-state index in [1.54, 1.807) is 37.3 Å². The van der Waals surface area contributed by atoms with Gasteiger partial charge in [-0.3, -0.25) is 19.3 Å². The number of nitrogens with one attached hydrogen (secondary N) is 1. The van der Waals surface area contributed by atoms with Gasteiger partial charge in [-0.05, 0) is 101 Å². The fourth-order valence-electron chi connectivity index (χ4n) is 3.80. The van der Waals surface area contributed by atoms with Crippen LogP contribution in [0.15, 0.2) is 59.5 Å². The molecular weight excluding hydrogens is 718 g/mol. The molecule has 9 nitrogen and oxygen atoms in total. The maximum atomic E-state index is 13.0. The minimum atomic E-state index is -0.637. The molecule has 1 saturated heterocycles. The third-order valence-electron chi connectivity index (χ3n) is 5.77. The van der Waals surface area contributed by atoms with Crippen molar-refractivity contribution in [1.29, 1.82) is 0 Å². The predicted molar refractivity (Wildman–Crippen MR) is 170 cm³/mol. The Morgan fingerprint density at radius 2 is 1.81 bits per heavy atom. The second kappa shape index (κ2) is 14.3. The van der Waals surface area contributed by atoms with Crippen molar-refractivity contribution in [3.63, 3.8) is 0 Å². The summed E-state index contributed by atoms with van der Waals surface area (Å²) in [7, 11) is 1.51. The number of nitrogens with zero attached hydrogens (tertiary/aromatic N) is 1. The van der Waals surface area contributed by atoms with E-state index in [0.29, 0.717) is 28.7 Å². The average molecular weight is 741 g/mol. The Hall–Kier alpha value is -3.26.